The molecule has 0 aromatic heterocycles. The maximum absolute atomic E-state index is 10.8. The van der Waals surface area contributed by atoms with Crippen molar-refractivity contribution in [3.8, 4) is 0 Å². The van der Waals surface area contributed by atoms with Gasteiger partial charge in [-0.3, -0.25) is 9.26 Å². The Labute approximate surface area is 58.2 Å². The summed E-state index contributed by atoms with van der Waals surface area (Å²) in [4.78, 5) is 10.8. The lowest BCUT2D eigenvalue weighted by molar-refractivity contribution is -0.213. The second kappa shape index (κ2) is 1.57. The fourth-order valence-corrected chi connectivity index (χ4v) is 2.00. The predicted octanol–water partition coefficient (Wildman–Crippen LogP) is -1.34. The van der Waals surface area contributed by atoms with Crippen molar-refractivity contribution in [3.05, 3.63) is 0 Å². The second-order valence-corrected chi connectivity index (χ2v) is 3.12. The van der Waals surface area contributed by atoms with Crippen LogP contribution in [0.2, 0.25) is 0 Å². The standard InChI is InChI=1S/C4H5NO4Si/c6-3-4(1-2-5-3)8-10(7)9-4/h1-2H2,(H,5,6). The van der Waals surface area contributed by atoms with E-state index in [0.717, 1.165) is 0 Å². The highest BCUT2D eigenvalue weighted by atomic mass is 28.3. The van der Waals surface area contributed by atoms with Crippen LogP contribution >= 0.6 is 0 Å². The lowest BCUT2D eigenvalue weighted by Gasteiger charge is -2.33. The van der Waals surface area contributed by atoms with Crippen LogP contribution in [0.25, 0.3) is 0 Å². The summed E-state index contributed by atoms with van der Waals surface area (Å²) >= 11 is 0. The summed E-state index contributed by atoms with van der Waals surface area (Å²) in [6.07, 6.45) is 0.461. The molecule has 2 rings (SSSR count). The highest BCUT2D eigenvalue weighted by Gasteiger charge is 2.59. The maximum Gasteiger partial charge on any atom is 0.773 e. The Morgan fingerprint density at radius 3 is 2.70 bits per heavy atom. The minimum absolute atomic E-state index is 0.308. The third-order valence-corrected chi connectivity index (χ3v) is 2.57. The summed E-state index contributed by atoms with van der Waals surface area (Å²) in [5, 5.41) is 2.52. The van der Waals surface area contributed by atoms with E-state index in [0.29, 0.717) is 13.0 Å². The van der Waals surface area contributed by atoms with Gasteiger partial charge >= 0.3 is 20.9 Å². The lowest BCUT2D eigenvalue weighted by Crippen LogP contribution is -2.56. The van der Waals surface area contributed by atoms with E-state index in [1.165, 1.54) is 0 Å². The van der Waals surface area contributed by atoms with Gasteiger partial charge < -0.3 is 14.2 Å². The molecule has 0 aromatic carbocycles. The van der Waals surface area contributed by atoms with Gasteiger partial charge in [-0.05, 0) is 0 Å². The zero-order valence-electron chi connectivity index (χ0n) is 5.05. The highest BCUT2D eigenvalue weighted by molar-refractivity contribution is 6.31. The largest absolute Gasteiger partial charge is 0.773 e. The van der Waals surface area contributed by atoms with Crippen LogP contribution in [-0.2, 0) is 18.1 Å². The molecule has 0 bridgehead atoms. The lowest BCUT2D eigenvalue weighted by atomic mass is 10.2. The summed E-state index contributed by atoms with van der Waals surface area (Å²) in [7, 11) is -2.33. The quantitative estimate of drug-likeness (QED) is 0.444. The molecule has 2 saturated heterocycles. The number of carbonyl (C=O) groups is 1. The number of rotatable bonds is 0. The molecule has 0 unspecified atom stereocenters. The van der Waals surface area contributed by atoms with E-state index < -0.39 is 15.0 Å². The molecular formula is C4H5NO4Si. The zero-order valence-corrected chi connectivity index (χ0v) is 6.05. The van der Waals surface area contributed by atoms with Gasteiger partial charge in [0.05, 0.1) is 6.42 Å². The Kier molecular flexibility index (Phi) is 0.917. The fraction of sp³-hybridized carbons (Fsp3) is 0.750. The van der Waals surface area contributed by atoms with E-state index in [4.69, 9.17) is 8.85 Å². The van der Waals surface area contributed by atoms with Gasteiger partial charge in [0.25, 0.3) is 0 Å². The van der Waals surface area contributed by atoms with Crippen LogP contribution in [-0.4, -0.2) is 27.4 Å². The van der Waals surface area contributed by atoms with Gasteiger partial charge in [0, 0.05) is 6.54 Å². The summed E-state index contributed by atoms with van der Waals surface area (Å²) < 4.78 is 19.8. The molecule has 0 radical (unpaired) electrons. The van der Waals surface area contributed by atoms with Crippen molar-refractivity contribution >= 4 is 15.1 Å². The number of hydrogen-bond acceptors (Lipinski definition) is 4. The molecule has 0 aromatic rings. The molecule has 0 atom stereocenters. The summed E-state index contributed by atoms with van der Waals surface area (Å²) in [6, 6.07) is 0. The molecule has 2 aliphatic rings. The van der Waals surface area contributed by atoms with Crippen LogP contribution in [0.3, 0.4) is 0 Å². The average Bonchev–Trinajstić information content (AvgIpc) is 2.12. The van der Waals surface area contributed by atoms with E-state index in [-0.39, 0.29) is 5.91 Å². The van der Waals surface area contributed by atoms with Crippen LogP contribution in [0.1, 0.15) is 6.42 Å². The third-order valence-electron chi connectivity index (χ3n) is 1.58. The van der Waals surface area contributed by atoms with Crippen molar-refractivity contribution < 1.29 is 18.1 Å². The van der Waals surface area contributed by atoms with Crippen LogP contribution < -0.4 is 5.32 Å². The van der Waals surface area contributed by atoms with Crippen LogP contribution in [0.4, 0.5) is 0 Å². The molecular weight excluding hydrogens is 154 g/mol. The SMILES string of the molecule is O=C1NCCC12O[Si](=O)O2. The highest BCUT2D eigenvalue weighted by Crippen LogP contribution is 2.29. The van der Waals surface area contributed by atoms with Crippen molar-refractivity contribution in [3.63, 3.8) is 0 Å². The topological polar surface area (TPSA) is 64.6 Å². The first-order valence-corrected chi connectivity index (χ1v) is 4.16. The molecule has 0 saturated carbocycles. The molecule has 10 heavy (non-hydrogen) atoms. The van der Waals surface area contributed by atoms with Gasteiger partial charge in [-0.15, -0.1) is 0 Å². The van der Waals surface area contributed by atoms with Crippen molar-refractivity contribution in [1.29, 1.82) is 0 Å². The molecule has 0 aliphatic carbocycles. The minimum atomic E-state index is -2.33. The molecule has 2 aliphatic heterocycles. The van der Waals surface area contributed by atoms with E-state index in [1.807, 2.05) is 0 Å². The van der Waals surface area contributed by atoms with Crippen LogP contribution in [0, 0.1) is 0 Å². The van der Waals surface area contributed by atoms with Gasteiger partial charge in [-0.2, -0.15) is 0 Å². The Balaban J connectivity index is 2.17. The number of amides is 1. The molecule has 5 nitrogen and oxygen atoms in total. The van der Waals surface area contributed by atoms with Crippen LogP contribution in [0.15, 0.2) is 0 Å². The number of hydrogen-bond donors (Lipinski definition) is 1. The Bertz CT molecular complexity index is 207. The first-order valence-electron chi connectivity index (χ1n) is 2.93. The second-order valence-electron chi connectivity index (χ2n) is 2.21. The smallest absolute Gasteiger partial charge is 0.450 e. The summed E-state index contributed by atoms with van der Waals surface area (Å²) in [5.74, 6) is -1.48. The van der Waals surface area contributed by atoms with E-state index in [9.17, 15) is 9.26 Å². The Hall–Kier alpha value is -0.913. The van der Waals surface area contributed by atoms with E-state index in [1.54, 1.807) is 0 Å². The predicted molar refractivity (Wildman–Crippen MR) is 29.0 cm³/mol. The monoisotopic (exact) mass is 159 g/mol. The van der Waals surface area contributed by atoms with Crippen molar-refractivity contribution in [2.24, 2.45) is 0 Å². The van der Waals surface area contributed by atoms with Crippen molar-refractivity contribution in [1.82, 2.24) is 5.32 Å². The van der Waals surface area contributed by atoms with Gasteiger partial charge in [0.1, 0.15) is 0 Å². The summed E-state index contributed by atoms with van der Waals surface area (Å²) in [6.45, 7) is 0.536. The molecule has 1 amide bonds. The molecule has 2 fully saturated rings. The molecule has 1 spiro atoms. The molecule has 54 valence electrons. The first kappa shape index (κ1) is 5.84. The van der Waals surface area contributed by atoms with Gasteiger partial charge in [0.15, 0.2) is 0 Å². The number of carbonyl (C=O) groups excluding carboxylic acids is 1. The zero-order chi connectivity index (χ0) is 7.19. The molecule has 6 heteroatoms. The van der Waals surface area contributed by atoms with Gasteiger partial charge in [-0.1, -0.05) is 0 Å². The molecule has 2 heterocycles. The molecule has 1 N–H and O–H groups in total. The minimum Gasteiger partial charge on any atom is -0.450 e. The maximum atomic E-state index is 10.8. The van der Waals surface area contributed by atoms with Crippen molar-refractivity contribution in [2.45, 2.75) is 12.2 Å². The van der Waals surface area contributed by atoms with Gasteiger partial charge in [0.2, 0.25) is 0 Å². The van der Waals surface area contributed by atoms with Gasteiger partial charge in [-0.25, -0.2) is 0 Å². The van der Waals surface area contributed by atoms with Crippen molar-refractivity contribution in [2.75, 3.05) is 6.54 Å². The number of nitrogens with one attached hydrogen (secondary N) is 1. The average molecular weight is 159 g/mol. The van der Waals surface area contributed by atoms with E-state index in [2.05, 4.69) is 5.32 Å². The van der Waals surface area contributed by atoms with E-state index >= 15 is 0 Å². The first-order chi connectivity index (χ1) is 4.73. The Morgan fingerprint density at radius 1 is 1.60 bits per heavy atom. The summed E-state index contributed by atoms with van der Waals surface area (Å²) in [5.41, 5.74) is 0. The fourth-order valence-electron chi connectivity index (χ4n) is 1.06. The third kappa shape index (κ3) is 0.538. The Morgan fingerprint density at radius 2 is 2.30 bits per heavy atom. The normalized spacial score (nSPS) is 26.8. The van der Waals surface area contributed by atoms with Crippen LogP contribution in [0.5, 0.6) is 0 Å².